The standard InChI is InChI=1S/C20H27BN2O4/c1-26-19-13-17(12-18(21(24)25)20(19)27-2)15-23-10-8-22(9-11-23)14-16-6-4-3-5-7-16/h3-7,12-13,24-25H,8-11,14-15H2,1-2H3. The van der Waals surface area contributed by atoms with E-state index in [1.807, 2.05) is 12.1 Å². The lowest BCUT2D eigenvalue weighted by Gasteiger charge is -2.35. The van der Waals surface area contributed by atoms with Crippen LogP contribution in [0, 0.1) is 0 Å². The van der Waals surface area contributed by atoms with Crippen molar-refractivity contribution in [3.63, 3.8) is 0 Å². The van der Waals surface area contributed by atoms with E-state index in [1.165, 1.54) is 12.7 Å². The first-order chi connectivity index (χ1) is 13.1. The van der Waals surface area contributed by atoms with E-state index in [4.69, 9.17) is 9.47 Å². The highest BCUT2D eigenvalue weighted by atomic mass is 16.5. The molecular weight excluding hydrogens is 343 g/mol. The Hall–Kier alpha value is -2.06. The quantitative estimate of drug-likeness (QED) is 0.700. The largest absolute Gasteiger partial charge is 0.493 e. The first-order valence-electron chi connectivity index (χ1n) is 9.20. The second kappa shape index (κ2) is 9.24. The van der Waals surface area contributed by atoms with Crippen molar-refractivity contribution in [1.29, 1.82) is 0 Å². The van der Waals surface area contributed by atoms with Crippen molar-refractivity contribution < 1.29 is 19.5 Å². The molecule has 0 atom stereocenters. The Labute approximate surface area is 161 Å². The van der Waals surface area contributed by atoms with Crippen molar-refractivity contribution in [1.82, 2.24) is 9.80 Å². The Kier molecular flexibility index (Phi) is 6.74. The molecule has 1 aliphatic rings. The average Bonchev–Trinajstić information content (AvgIpc) is 2.69. The zero-order chi connectivity index (χ0) is 19.2. The lowest BCUT2D eigenvalue weighted by Crippen LogP contribution is -2.45. The van der Waals surface area contributed by atoms with Gasteiger partial charge in [-0.2, -0.15) is 0 Å². The Balaban J connectivity index is 1.62. The molecule has 144 valence electrons. The van der Waals surface area contributed by atoms with Gasteiger partial charge >= 0.3 is 7.12 Å². The van der Waals surface area contributed by atoms with Gasteiger partial charge in [-0.1, -0.05) is 36.4 Å². The van der Waals surface area contributed by atoms with Crippen LogP contribution in [-0.4, -0.2) is 67.4 Å². The average molecular weight is 370 g/mol. The molecule has 0 aliphatic carbocycles. The number of rotatable bonds is 7. The Morgan fingerprint density at radius 2 is 1.44 bits per heavy atom. The molecule has 6 nitrogen and oxygen atoms in total. The van der Waals surface area contributed by atoms with Crippen LogP contribution < -0.4 is 14.9 Å². The Bertz CT molecular complexity index is 734. The van der Waals surface area contributed by atoms with Crippen LogP contribution in [0.3, 0.4) is 0 Å². The van der Waals surface area contributed by atoms with Crippen molar-refractivity contribution in [2.24, 2.45) is 0 Å². The minimum atomic E-state index is -1.60. The number of methoxy groups -OCH3 is 2. The second-order valence-corrected chi connectivity index (χ2v) is 6.83. The number of piperazine rings is 1. The Morgan fingerprint density at radius 1 is 0.852 bits per heavy atom. The first kappa shape index (κ1) is 19.7. The van der Waals surface area contributed by atoms with Crippen LogP contribution >= 0.6 is 0 Å². The summed E-state index contributed by atoms with van der Waals surface area (Å²) < 4.78 is 10.6. The van der Waals surface area contributed by atoms with E-state index in [0.29, 0.717) is 17.0 Å². The molecule has 0 bridgehead atoms. The molecule has 1 saturated heterocycles. The zero-order valence-electron chi connectivity index (χ0n) is 16.0. The van der Waals surface area contributed by atoms with Crippen LogP contribution in [0.2, 0.25) is 0 Å². The van der Waals surface area contributed by atoms with E-state index in [0.717, 1.165) is 44.8 Å². The summed E-state index contributed by atoms with van der Waals surface area (Å²) in [7, 11) is 1.45. The molecule has 0 aromatic heterocycles. The molecular formula is C20H27BN2O4. The first-order valence-corrected chi connectivity index (χ1v) is 9.20. The number of hydrogen-bond donors (Lipinski definition) is 2. The van der Waals surface area contributed by atoms with Crippen LogP contribution in [0.15, 0.2) is 42.5 Å². The molecule has 0 amide bonds. The number of hydrogen-bond acceptors (Lipinski definition) is 6. The molecule has 1 heterocycles. The van der Waals surface area contributed by atoms with Gasteiger partial charge in [0.1, 0.15) is 0 Å². The van der Waals surface area contributed by atoms with Gasteiger partial charge in [0.05, 0.1) is 14.2 Å². The van der Waals surface area contributed by atoms with Crippen LogP contribution in [0.4, 0.5) is 0 Å². The van der Waals surface area contributed by atoms with Crippen molar-refractivity contribution in [3.8, 4) is 11.5 Å². The van der Waals surface area contributed by atoms with E-state index >= 15 is 0 Å². The van der Waals surface area contributed by atoms with Crippen molar-refractivity contribution in [2.75, 3.05) is 40.4 Å². The monoisotopic (exact) mass is 370 g/mol. The topological polar surface area (TPSA) is 65.4 Å². The number of benzene rings is 2. The van der Waals surface area contributed by atoms with Gasteiger partial charge in [-0.25, -0.2) is 0 Å². The minimum absolute atomic E-state index is 0.328. The summed E-state index contributed by atoms with van der Waals surface area (Å²) >= 11 is 0. The molecule has 2 aromatic carbocycles. The molecule has 2 aromatic rings. The maximum absolute atomic E-state index is 9.66. The van der Waals surface area contributed by atoms with E-state index < -0.39 is 7.12 Å². The third-order valence-electron chi connectivity index (χ3n) is 4.97. The van der Waals surface area contributed by atoms with Gasteiger partial charge in [0.2, 0.25) is 0 Å². The smallest absolute Gasteiger partial charge is 0.492 e. The summed E-state index contributed by atoms with van der Waals surface area (Å²) in [6.07, 6.45) is 0. The van der Waals surface area contributed by atoms with Crippen LogP contribution in [0.25, 0.3) is 0 Å². The highest BCUT2D eigenvalue weighted by molar-refractivity contribution is 6.60. The van der Waals surface area contributed by atoms with Gasteiger partial charge in [-0.3, -0.25) is 9.80 Å². The van der Waals surface area contributed by atoms with Crippen molar-refractivity contribution in [2.45, 2.75) is 13.1 Å². The van der Waals surface area contributed by atoms with Gasteiger partial charge in [0, 0.05) is 44.7 Å². The fourth-order valence-corrected chi connectivity index (χ4v) is 3.54. The molecule has 2 N–H and O–H groups in total. The Morgan fingerprint density at radius 3 is 1.96 bits per heavy atom. The lowest BCUT2D eigenvalue weighted by molar-refractivity contribution is 0.122. The number of nitrogens with zero attached hydrogens (tertiary/aromatic N) is 2. The predicted molar refractivity (Wildman–Crippen MR) is 106 cm³/mol. The summed E-state index contributed by atoms with van der Waals surface area (Å²) in [5.41, 5.74) is 2.65. The molecule has 0 unspecified atom stereocenters. The summed E-state index contributed by atoms with van der Waals surface area (Å²) in [6.45, 7) is 5.68. The summed E-state index contributed by atoms with van der Waals surface area (Å²) in [4.78, 5) is 4.83. The fraction of sp³-hybridized carbons (Fsp3) is 0.400. The maximum atomic E-state index is 9.66. The van der Waals surface area contributed by atoms with Gasteiger partial charge < -0.3 is 19.5 Å². The normalized spacial score (nSPS) is 15.6. The minimum Gasteiger partial charge on any atom is -0.493 e. The van der Waals surface area contributed by atoms with E-state index in [2.05, 4.69) is 34.1 Å². The molecule has 27 heavy (non-hydrogen) atoms. The summed E-state index contributed by atoms with van der Waals surface area (Å²) in [5, 5.41) is 19.3. The third kappa shape index (κ3) is 5.02. The summed E-state index contributed by atoms with van der Waals surface area (Å²) in [5.74, 6) is 0.879. The maximum Gasteiger partial charge on any atom is 0.492 e. The van der Waals surface area contributed by atoms with Gasteiger partial charge in [-0.15, -0.1) is 0 Å². The van der Waals surface area contributed by atoms with Crippen molar-refractivity contribution >= 4 is 12.6 Å². The molecule has 0 radical (unpaired) electrons. The summed E-state index contributed by atoms with van der Waals surface area (Å²) in [6, 6.07) is 14.2. The van der Waals surface area contributed by atoms with Gasteiger partial charge in [-0.05, 0) is 17.2 Å². The van der Waals surface area contributed by atoms with E-state index in [-0.39, 0.29) is 0 Å². The van der Waals surface area contributed by atoms with Crippen LogP contribution in [0.1, 0.15) is 11.1 Å². The second-order valence-electron chi connectivity index (χ2n) is 6.83. The molecule has 7 heteroatoms. The molecule has 1 fully saturated rings. The van der Waals surface area contributed by atoms with Crippen molar-refractivity contribution in [3.05, 3.63) is 53.6 Å². The highest BCUT2D eigenvalue weighted by Gasteiger charge is 2.23. The van der Waals surface area contributed by atoms with Gasteiger partial charge in [0.15, 0.2) is 11.5 Å². The molecule has 3 rings (SSSR count). The molecule has 1 aliphatic heterocycles. The SMILES string of the molecule is COc1cc(CN2CCN(Cc3ccccc3)CC2)cc(B(O)O)c1OC. The third-order valence-corrected chi connectivity index (χ3v) is 4.97. The van der Waals surface area contributed by atoms with Crippen LogP contribution in [0.5, 0.6) is 11.5 Å². The predicted octanol–water partition coefficient (Wildman–Crippen LogP) is 0.701. The van der Waals surface area contributed by atoms with E-state index in [9.17, 15) is 10.0 Å². The molecule has 0 saturated carbocycles. The molecule has 0 spiro atoms. The highest BCUT2D eigenvalue weighted by Crippen LogP contribution is 2.27. The lowest BCUT2D eigenvalue weighted by atomic mass is 9.78. The van der Waals surface area contributed by atoms with E-state index in [1.54, 1.807) is 13.2 Å². The fourth-order valence-electron chi connectivity index (χ4n) is 3.54. The number of ether oxygens (including phenoxy) is 2. The van der Waals surface area contributed by atoms with Crippen LogP contribution in [-0.2, 0) is 13.1 Å². The van der Waals surface area contributed by atoms with Gasteiger partial charge in [0.25, 0.3) is 0 Å². The zero-order valence-corrected chi connectivity index (χ0v) is 16.0.